The van der Waals surface area contributed by atoms with E-state index < -0.39 is 0 Å². The number of benzene rings is 1. The number of anilines is 1. The largest absolute Gasteiger partial charge is 0.504 e. The summed E-state index contributed by atoms with van der Waals surface area (Å²) in [6.07, 6.45) is 1.61. The number of hydrogen-bond donors (Lipinski definition) is 2. The van der Waals surface area contributed by atoms with Crippen LogP contribution in [-0.2, 0) is 23.3 Å². The molecule has 2 N–H and O–H groups in total. The maximum absolute atomic E-state index is 12.8. The van der Waals surface area contributed by atoms with Crippen molar-refractivity contribution in [2.75, 3.05) is 26.1 Å². The molecule has 0 unspecified atom stereocenters. The minimum absolute atomic E-state index is 0. The van der Waals surface area contributed by atoms with Gasteiger partial charge in [-0.3, -0.25) is 4.79 Å². The molecule has 3 rings (SSSR count). The van der Waals surface area contributed by atoms with E-state index in [9.17, 15) is 9.90 Å². The number of rotatable bonds is 2. The number of phenolic OH excluding ortho intramolecular Hbond substituents is 1. The molecule has 0 bridgehead atoms. The minimum Gasteiger partial charge on any atom is -0.504 e. The van der Waals surface area contributed by atoms with Gasteiger partial charge in [-0.05, 0) is 12.5 Å². The Kier molecular flexibility index (Phi) is 11.2. The van der Waals surface area contributed by atoms with Crippen molar-refractivity contribution in [3.05, 3.63) is 29.8 Å². The van der Waals surface area contributed by atoms with Gasteiger partial charge in [0, 0.05) is 38.3 Å². The number of nitrogens with zero attached hydrogens (tertiary/aromatic N) is 1. The van der Waals surface area contributed by atoms with E-state index in [0.717, 1.165) is 5.57 Å². The average Bonchev–Trinajstić information content (AvgIpc) is 2.99. The van der Waals surface area contributed by atoms with Crippen molar-refractivity contribution in [2.24, 2.45) is 0 Å². The van der Waals surface area contributed by atoms with E-state index in [1.807, 2.05) is 13.8 Å². The Morgan fingerprint density at radius 2 is 1.89 bits per heavy atom. The zero-order chi connectivity index (χ0) is 19.9. The molecule has 1 aromatic carbocycles. The topological polar surface area (TPSA) is 71.0 Å². The summed E-state index contributed by atoms with van der Waals surface area (Å²) in [7, 11) is 3.05. The van der Waals surface area contributed by atoms with E-state index in [-0.39, 0.29) is 48.2 Å². The number of phenols is 1. The SMILES string of the molecule is C=C1C[C@H]2[C@H](OC)Nc3cc(O)c(OC)cc3C(=O)N2C1.CC.CCC.[V]. The minimum atomic E-state index is -0.345. The van der Waals surface area contributed by atoms with Crippen molar-refractivity contribution in [3.8, 4) is 11.5 Å². The van der Waals surface area contributed by atoms with Crippen LogP contribution in [0.2, 0.25) is 0 Å². The number of carbonyl (C=O) groups excluding carboxylic acids is 1. The molecule has 27 heavy (non-hydrogen) atoms. The third kappa shape index (κ3) is 5.67. The second-order valence-corrected chi connectivity index (χ2v) is 6.03. The Morgan fingerprint density at radius 3 is 2.41 bits per heavy atom. The van der Waals surface area contributed by atoms with Crippen LogP contribution >= 0.6 is 0 Å². The third-order valence-corrected chi connectivity index (χ3v) is 4.00. The summed E-state index contributed by atoms with van der Waals surface area (Å²) in [5, 5.41) is 13.1. The predicted molar refractivity (Wildman–Crippen MR) is 105 cm³/mol. The number of ether oxygens (including phenoxy) is 2. The molecule has 0 spiro atoms. The summed E-state index contributed by atoms with van der Waals surface area (Å²) in [5.41, 5.74) is 2.01. The van der Waals surface area contributed by atoms with Gasteiger partial charge in [0.2, 0.25) is 0 Å². The summed E-state index contributed by atoms with van der Waals surface area (Å²) in [6, 6.07) is 2.95. The van der Waals surface area contributed by atoms with Crippen molar-refractivity contribution in [2.45, 2.75) is 52.8 Å². The van der Waals surface area contributed by atoms with E-state index in [1.165, 1.54) is 19.6 Å². The fourth-order valence-corrected chi connectivity index (χ4v) is 2.97. The molecule has 2 heterocycles. The normalized spacial score (nSPS) is 19.7. The predicted octanol–water partition coefficient (Wildman–Crippen LogP) is 4.01. The summed E-state index contributed by atoms with van der Waals surface area (Å²) in [5.74, 6) is 0.145. The number of methoxy groups -OCH3 is 2. The van der Waals surface area contributed by atoms with E-state index >= 15 is 0 Å². The molecule has 0 aliphatic carbocycles. The van der Waals surface area contributed by atoms with Gasteiger partial charge >= 0.3 is 0 Å². The van der Waals surface area contributed by atoms with Gasteiger partial charge in [0.05, 0.1) is 24.4 Å². The molecule has 1 fully saturated rings. The van der Waals surface area contributed by atoms with Gasteiger partial charge in [-0.25, -0.2) is 0 Å². The molecule has 1 saturated heterocycles. The monoisotopic (exact) mass is 415 g/mol. The molecule has 2 atom stereocenters. The molecule has 1 amide bonds. The van der Waals surface area contributed by atoms with Gasteiger partial charge in [-0.1, -0.05) is 46.3 Å². The second-order valence-electron chi connectivity index (χ2n) is 6.03. The maximum atomic E-state index is 12.8. The van der Waals surface area contributed by atoms with Crippen molar-refractivity contribution in [3.63, 3.8) is 0 Å². The number of nitrogens with one attached hydrogen (secondary N) is 1. The fourth-order valence-electron chi connectivity index (χ4n) is 2.97. The zero-order valence-corrected chi connectivity index (χ0v) is 18.6. The van der Waals surface area contributed by atoms with E-state index in [2.05, 4.69) is 25.7 Å². The summed E-state index contributed by atoms with van der Waals surface area (Å²) < 4.78 is 10.6. The van der Waals surface area contributed by atoms with Gasteiger partial charge in [0.25, 0.3) is 5.91 Å². The summed E-state index contributed by atoms with van der Waals surface area (Å²) >= 11 is 0. The molecule has 0 aromatic heterocycles. The van der Waals surface area contributed by atoms with Crippen LogP contribution in [0.1, 0.15) is 50.9 Å². The number of fused-ring (bicyclic) bond motifs is 2. The van der Waals surface area contributed by atoms with Crippen LogP contribution in [-0.4, -0.2) is 48.9 Å². The van der Waals surface area contributed by atoms with E-state index in [1.54, 1.807) is 18.1 Å². The molecule has 151 valence electrons. The number of aromatic hydroxyl groups is 1. The molecular formula is C20H32N2O4V. The van der Waals surface area contributed by atoms with Crippen molar-refractivity contribution >= 4 is 11.6 Å². The fraction of sp³-hybridized carbons (Fsp3) is 0.550. The van der Waals surface area contributed by atoms with E-state index in [0.29, 0.717) is 24.2 Å². The molecule has 2 aliphatic heterocycles. The third-order valence-electron chi connectivity index (χ3n) is 4.00. The van der Waals surface area contributed by atoms with Gasteiger partial charge in [0.15, 0.2) is 11.5 Å². The Morgan fingerprint density at radius 1 is 1.30 bits per heavy atom. The summed E-state index contributed by atoms with van der Waals surface area (Å²) in [4.78, 5) is 14.5. The molecule has 0 saturated carbocycles. The molecule has 2 aliphatic rings. The first-order chi connectivity index (χ1) is 12.5. The van der Waals surface area contributed by atoms with Crippen LogP contribution in [0.4, 0.5) is 5.69 Å². The Labute approximate surface area is 174 Å². The first-order valence-electron chi connectivity index (χ1n) is 9.14. The van der Waals surface area contributed by atoms with E-state index in [4.69, 9.17) is 9.47 Å². The van der Waals surface area contributed by atoms with Gasteiger partial charge in [0.1, 0.15) is 6.23 Å². The Hall–Kier alpha value is -1.63. The first-order valence-corrected chi connectivity index (χ1v) is 9.14. The number of carbonyl (C=O) groups is 1. The number of amides is 1. The number of hydrogen-bond acceptors (Lipinski definition) is 5. The standard InChI is InChI=1S/C15H18N2O4.C3H8.C2H6.V/c1-8-4-11-14(21-3)16-10-6-12(18)13(20-2)5-9(10)15(19)17(11)7-8;1-3-2;1-2;/h5-6,11,14,16,18H,1,4,7H2,2-3H3;3H2,1-2H3;1-2H3;/t11-,14-;;;/m0.../s1. The van der Waals surface area contributed by atoms with Crippen LogP contribution in [0.15, 0.2) is 24.3 Å². The second kappa shape index (κ2) is 12.0. The van der Waals surface area contributed by atoms with Gasteiger partial charge < -0.3 is 24.8 Å². The molecular weight excluding hydrogens is 383 g/mol. The molecule has 1 aromatic rings. The first kappa shape index (κ1) is 25.4. The van der Waals surface area contributed by atoms with Crippen LogP contribution < -0.4 is 10.1 Å². The van der Waals surface area contributed by atoms with Crippen LogP contribution in [0.3, 0.4) is 0 Å². The maximum Gasteiger partial charge on any atom is 0.256 e. The van der Waals surface area contributed by atoms with Crippen molar-refractivity contribution in [1.82, 2.24) is 4.90 Å². The zero-order valence-electron chi connectivity index (χ0n) is 17.2. The quantitative estimate of drug-likeness (QED) is 0.715. The van der Waals surface area contributed by atoms with Gasteiger partial charge in [-0.15, -0.1) is 0 Å². The average molecular weight is 415 g/mol. The smallest absolute Gasteiger partial charge is 0.256 e. The molecule has 1 radical (unpaired) electrons. The Balaban J connectivity index is 0.00000103. The molecule has 6 nitrogen and oxygen atoms in total. The summed E-state index contributed by atoms with van der Waals surface area (Å²) in [6.45, 7) is 12.7. The van der Waals surface area contributed by atoms with Crippen LogP contribution in [0.5, 0.6) is 11.5 Å². The Bertz CT molecular complexity index is 637. The van der Waals surface area contributed by atoms with Crippen LogP contribution in [0.25, 0.3) is 0 Å². The molecule has 7 heteroatoms. The van der Waals surface area contributed by atoms with Crippen molar-refractivity contribution in [1.29, 1.82) is 0 Å². The van der Waals surface area contributed by atoms with Crippen LogP contribution in [0, 0.1) is 0 Å². The van der Waals surface area contributed by atoms with Crippen molar-refractivity contribution < 1.29 is 37.9 Å². The van der Waals surface area contributed by atoms with Gasteiger partial charge in [-0.2, -0.15) is 0 Å².